The van der Waals surface area contributed by atoms with Crippen LogP contribution in [0.4, 0.5) is 0 Å². The maximum absolute atomic E-state index is 13.6. The fourth-order valence-corrected chi connectivity index (χ4v) is 4.36. The number of amides is 2. The third-order valence-corrected chi connectivity index (χ3v) is 6.01. The lowest BCUT2D eigenvalue weighted by Crippen LogP contribution is -2.51. The molecule has 0 fully saturated rings. The number of quaternary nitrogens is 1. The SMILES string of the molecule is CC1=C(C#N)C(=O)[N+]2(Cc3ccccc3)C=CC=CC2=C1C(=O)[N+](=S)Cc1ccccc1. The molecule has 2 aliphatic heterocycles. The van der Waals surface area contributed by atoms with Crippen LogP contribution in [-0.2, 0) is 35.1 Å². The van der Waals surface area contributed by atoms with Crippen LogP contribution in [0.25, 0.3) is 0 Å². The Labute approximate surface area is 192 Å². The van der Waals surface area contributed by atoms with E-state index in [1.807, 2.05) is 66.7 Å². The summed E-state index contributed by atoms with van der Waals surface area (Å²) in [6.45, 7) is 2.18. The summed E-state index contributed by atoms with van der Waals surface area (Å²) in [5.41, 5.74) is 3.01. The summed E-state index contributed by atoms with van der Waals surface area (Å²) in [6.07, 6.45) is 7.09. The average molecular weight is 440 g/mol. The Bertz CT molecular complexity index is 1280. The zero-order valence-corrected chi connectivity index (χ0v) is 18.4. The lowest BCUT2D eigenvalue weighted by Gasteiger charge is -2.37. The van der Waals surface area contributed by atoms with Gasteiger partial charge in [0.2, 0.25) is 0 Å². The van der Waals surface area contributed by atoms with Crippen molar-refractivity contribution in [2.24, 2.45) is 0 Å². The molecule has 156 valence electrons. The molecule has 1 unspecified atom stereocenters. The molecular formula is C26H21N3O2S+2. The molecule has 2 heterocycles. The molecule has 5 nitrogen and oxygen atoms in total. The van der Waals surface area contributed by atoms with Crippen molar-refractivity contribution in [1.82, 2.24) is 0 Å². The van der Waals surface area contributed by atoms with Crippen LogP contribution in [0.3, 0.4) is 0 Å². The Kier molecular flexibility index (Phi) is 5.87. The molecule has 2 aromatic rings. The van der Waals surface area contributed by atoms with Gasteiger partial charge in [0.05, 0.1) is 0 Å². The normalized spacial score (nSPS) is 19.6. The monoisotopic (exact) mass is 439 g/mol. The highest BCUT2D eigenvalue weighted by Crippen LogP contribution is 2.40. The highest BCUT2D eigenvalue weighted by molar-refractivity contribution is 7.44. The van der Waals surface area contributed by atoms with Gasteiger partial charge in [-0.05, 0) is 13.0 Å². The van der Waals surface area contributed by atoms with Gasteiger partial charge in [-0.2, -0.15) is 9.74 Å². The molecule has 0 aromatic heterocycles. The average Bonchev–Trinajstić information content (AvgIpc) is 2.81. The maximum atomic E-state index is 13.6. The van der Waals surface area contributed by atoms with Crippen LogP contribution in [0, 0.1) is 11.3 Å². The van der Waals surface area contributed by atoms with Gasteiger partial charge in [0, 0.05) is 22.8 Å². The Morgan fingerprint density at radius 2 is 1.66 bits per heavy atom. The molecule has 0 spiro atoms. The second kappa shape index (κ2) is 8.75. The first-order valence-corrected chi connectivity index (χ1v) is 10.6. The van der Waals surface area contributed by atoms with E-state index in [0.29, 0.717) is 23.4 Å². The molecule has 0 saturated heterocycles. The van der Waals surface area contributed by atoms with Crippen LogP contribution in [0.2, 0.25) is 0 Å². The van der Waals surface area contributed by atoms with Crippen LogP contribution < -0.4 is 0 Å². The molecule has 0 radical (unpaired) electrons. The van der Waals surface area contributed by atoms with Crippen molar-refractivity contribution in [3.8, 4) is 6.07 Å². The van der Waals surface area contributed by atoms with Crippen molar-refractivity contribution < 1.29 is 18.0 Å². The third kappa shape index (κ3) is 3.69. The molecule has 6 heteroatoms. The van der Waals surface area contributed by atoms with Gasteiger partial charge in [0.25, 0.3) is 12.4 Å². The quantitative estimate of drug-likeness (QED) is 0.518. The van der Waals surface area contributed by atoms with E-state index in [2.05, 4.69) is 0 Å². The van der Waals surface area contributed by atoms with E-state index in [1.54, 1.807) is 31.4 Å². The zero-order valence-electron chi connectivity index (χ0n) is 17.6. The first-order valence-electron chi connectivity index (χ1n) is 10.2. The minimum absolute atomic E-state index is 0.0175. The second-order valence-electron chi connectivity index (χ2n) is 7.72. The molecule has 2 aromatic carbocycles. The zero-order chi connectivity index (χ0) is 22.7. The van der Waals surface area contributed by atoms with Crippen molar-refractivity contribution >= 4 is 24.2 Å². The fraction of sp³-hybridized carbons (Fsp3) is 0.115. The van der Waals surface area contributed by atoms with Crippen LogP contribution in [0.5, 0.6) is 0 Å². The minimum atomic E-state index is -0.396. The number of hydrogen-bond acceptors (Lipinski definition) is 4. The van der Waals surface area contributed by atoms with Gasteiger partial charge in [-0.1, -0.05) is 70.7 Å². The minimum Gasteiger partial charge on any atom is -0.224 e. The number of nitrogens with zero attached hydrogens (tertiary/aromatic N) is 3. The summed E-state index contributed by atoms with van der Waals surface area (Å²) in [5.74, 6) is -0.743. The number of rotatable bonds is 5. The van der Waals surface area contributed by atoms with Gasteiger partial charge >= 0.3 is 11.8 Å². The van der Waals surface area contributed by atoms with Crippen LogP contribution in [-0.4, -0.2) is 20.2 Å². The Morgan fingerprint density at radius 1 is 1.03 bits per heavy atom. The van der Waals surface area contributed by atoms with E-state index in [9.17, 15) is 14.9 Å². The predicted molar refractivity (Wildman–Crippen MR) is 122 cm³/mol. The maximum Gasteiger partial charge on any atom is 0.439 e. The van der Waals surface area contributed by atoms with Crippen molar-refractivity contribution in [3.63, 3.8) is 0 Å². The van der Waals surface area contributed by atoms with Crippen molar-refractivity contribution in [1.29, 1.82) is 5.26 Å². The van der Waals surface area contributed by atoms with Gasteiger partial charge in [-0.15, -0.1) is 0 Å². The van der Waals surface area contributed by atoms with Crippen molar-refractivity contribution in [3.05, 3.63) is 119 Å². The molecule has 0 bridgehead atoms. The van der Waals surface area contributed by atoms with E-state index in [4.69, 9.17) is 12.4 Å². The van der Waals surface area contributed by atoms with Gasteiger partial charge in [-0.25, -0.2) is 9.59 Å². The van der Waals surface area contributed by atoms with E-state index in [0.717, 1.165) is 11.1 Å². The number of carbonyl (C=O) groups is 2. The molecule has 4 rings (SSSR count). The Balaban J connectivity index is 1.84. The summed E-state index contributed by atoms with van der Waals surface area (Å²) in [7, 11) is 0. The lowest BCUT2D eigenvalue weighted by molar-refractivity contribution is -0.773. The largest absolute Gasteiger partial charge is 0.439 e. The van der Waals surface area contributed by atoms with Crippen LogP contribution in [0.15, 0.2) is 108 Å². The van der Waals surface area contributed by atoms with Gasteiger partial charge < -0.3 is 0 Å². The Hall–Kier alpha value is -3.79. The van der Waals surface area contributed by atoms with Crippen LogP contribution >= 0.6 is 0 Å². The number of nitriles is 1. The molecule has 0 N–H and O–H groups in total. The van der Waals surface area contributed by atoms with Crippen molar-refractivity contribution in [2.45, 2.75) is 20.0 Å². The standard InChI is InChI=1S/C26H21N3O2S/c1-19-22(16-27)26(31)29(18-21-12-6-3-7-13-21)15-9-8-14-23(29)24(19)25(30)28(32)17-20-10-4-2-5-11-20/h2-15H,17-18H2,1H3/q+2. The van der Waals surface area contributed by atoms with Gasteiger partial charge in [-0.3, -0.25) is 0 Å². The topological polar surface area (TPSA) is 60.9 Å². The van der Waals surface area contributed by atoms with E-state index < -0.39 is 5.91 Å². The van der Waals surface area contributed by atoms with E-state index >= 15 is 0 Å². The molecule has 0 saturated carbocycles. The molecular weight excluding hydrogens is 418 g/mol. The summed E-state index contributed by atoms with van der Waals surface area (Å²) < 4.78 is 0.964. The first-order chi connectivity index (χ1) is 15.5. The second-order valence-corrected chi connectivity index (χ2v) is 8.16. The third-order valence-electron chi connectivity index (χ3n) is 5.71. The molecule has 2 amide bonds. The summed E-state index contributed by atoms with van der Waals surface area (Å²) in [4.78, 5) is 27.1. The lowest BCUT2D eigenvalue weighted by atomic mass is 9.89. The fourth-order valence-electron chi connectivity index (χ4n) is 4.12. The highest BCUT2D eigenvalue weighted by Gasteiger charge is 2.51. The molecule has 0 aliphatic carbocycles. The summed E-state index contributed by atoms with van der Waals surface area (Å²) in [6, 6.07) is 21.1. The Morgan fingerprint density at radius 3 is 2.28 bits per heavy atom. The van der Waals surface area contributed by atoms with Crippen molar-refractivity contribution in [2.75, 3.05) is 0 Å². The molecule has 2 aliphatic rings. The number of allylic oxidation sites excluding steroid dienone is 3. The van der Waals surface area contributed by atoms with Crippen LogP contribution in [0.1, 0.15) is 18.1 Å². The number of carbonyl (C=O) groups excluding carboxylic acids is 2. The van der Waals surface area contributed by atoms with E-state index in [1.165, 1.54) is 3.95 Å². The number of benzene rings is 2. The first kappa shape index (κ1) is 21.4. The number of hydrogen-bond donors (Lipinski definition) is 0. The summed E-state index contributed by atoms with van der Waals surface area (Å²) in [5, 5.41) is 9.82. The van der Waals surface area contributed by atoms with Gasteiger partial charge in [0.1, 0.15) is 18.8 Å². The molecule has 1 atom stereocenters. The molecule has 32 heavy (non-hydrogen) atoms. The summed E-state index contributed by atoms with van der Waals surface area (Å²) >= 11 is 5.45. The van der Waals surface area contributed by atoms with Gasteiger partial charge in [0.15, 0.2) is 23.4 Å². The number of fused-ring (bicyclic) bond motifs is 1. The van der Waals surface area contributed by atoms with E-state index in [-0.39, 0.29) is 22.5 Å². The predicted octanol–water partition coefficient (Wildman–Crippen LogP) is 4.19. The highest BCUT2D eigenvalue weighted by atomic mass is 32.1. The smallest absolute Gasteiger partial charge is 0.224 e.